The lowest BCUT2D eigenvalue weighted by atomic mass is 10.3. The number of piperazine rings is 1. The molecule has 118 valence electrons. The topological polar surface area (TPSA) is 108 Å². The maximum atomic E-state index is 12.1. The number of sulfonamides is 1. The molecule has 1 fully saturated rings. The Labute approximate surface area is 124 Å². The van der Waals surface area contributed by atoms with Gasteiger partial charge in [-0.05, 0) is 24.3 Å². The maximum absolute atomic E-state index is 12.1. The Balaban J connectivity index is 2.05. The first-order valence-corrected chi connectivity index (χ1v) is 9.66. The second-order valence-electron chi connectivity index (χ2n) is 4.71. The molecule has 10 heteroatoms. The van der Waals surface area contributed by atoms with Crippen LogP contribution >= 0.6 is 0 Å². The zero-order valence-corrected chi connectivity index (χ0v) is 13.2. The van der Waals surface area contributed by atoms with Gasteiger partial charge in [0.15, 0.2) is 0 Å². The van der Waals surface area contributed by atoms with E-state index in [4.69, 9.17) is 0 Å². The third-order valence-corrected chi connectivity index (χ3v) is 5.00. The first kappa shape index (κ1) is 16.0. The van der Waals surface area contributed by atoms with Crippen LogP contribution in [0.1, 0.15) is 0 Å². The Kier molecular flexibility index (Phi) is 4.71. The summed E-state index contributed by atoms with van der Waals surface area (Å²) in [7, 11) is -6.93. The summed E-state index contributed by atoms with van der Waals surface area (Å²) in [5, 5.41) is 3.08. The predicted molar refractivity (Wildman–Crippen MR) is 81.9 cm³/mol. The number of hydrogen-bond donors (Lipinski definition) is 3. The molecule has 21 heavy (non-hydrogen) atoms. The third kappa shape index (κ3) is 4.84. The van der Waals surface area contributed by atoms with Crippen molar-refractivity contribution in [3.05, 3.63) is 24.3 Å². The molecule has 0 unspecified atom stereocenters. The molecule has 1 aliphatic heterocycles. The van der Waals surface area contributed by atoms with Crippen LogP contribution in [0.15, 0.2) is 24.3 Å². The fraction of sp³-hybridized carbons (Fsp3) is 0.455. The van der Waals surface area contributed by atoms with Crippen LogP contribution in [0.2, 0.25) is 0 Å². The first-order valence-electron chi connectivity index (χ1n) is 6.33. The Morgan fingerprint density at radius 1 is 0.952 bits per heavy atom. The van der Waals surface area contributed by atoms with E-state index in [1.54, 1.807) is 0 Å². The van der Waals surface area contributed by atoms with Gasteiger partial charge in [0.25, 0.3) is 0 Å². The number of benzene rings is 1. The van der Waals surface area contributed by atoms with Gasteiger partial charge < -0.3 is 5.32 Å². The monoisotopic (exact) mass is 334 g/mol. The van der Waals surface area contributed by atoms with Crippen molar-refractivity contribution in [1.29, 1.82) is 0 Å². The highest BCUT2D eigenvalue weighted by Gasteiger charge is 2.23. The van der Waals surface area contributed by atoms with E-state index in [-0.39, 0.29) is 0 Å². The van der Waals surface area contributed by atoms with Crippen LogP contribution in [0, 0.1) is 0 Å². The lowest BCUT2D eigenvalue weighted by Gasteiger charge is -2.26. The molecular formula is C11H18N4O4S2. The van der Waals surface area contributed by atoms with E-state index >= 15 is 0 Å². The van der Waals surface area contributed by atoms with E-state index < -0.39 is 20.2 Å². The molecule has 1 aliphatic rings. The van der Waals surface area contributed by atoms with E-state index in [2.05, 4.69) is 14.8 Å². The molecule has 0 spiro atoms. The van der Waals surface area contributed by atoms with Crippen LogP contribution in [-0.4, -0.2) is 53.6 Å². The summed E-state index contributed by atoms with van der Waals surface area (Å²) in [4.78, 5) is 0. The van der Waals surface area contributed by atoms with Gasteiger partial charge in [-0.15, -0.1) is 0 Å². The van der Waals surface area contributed by atoms with Gasteiger partial charge >= 0.3 is 10.2 Å². The average Bonchev–Trinajstić information content (AvgIpc) is 2.40. The van der Waals surface area contributed by atoms with Crippen molar-refractivity contribution >= 4 is 31.6 Å². The lowest BCUT2D eigenvalue weighted by Crippen LogP contribution is -2.48. The van der Waals surface area contributed by atoms with Crippen LogP contribution in [0.3, 0.4) is 0 Å². The summed E-state index contributed by atoms with van der Waals surface area (Å²) < 4.78 is 52.6. The Bertz CT molecular complexity index is 679. The molecule has 1 aromatic rings. The van der Waals surface area contributed by atoms with E-state index in [0.717, 1.165) is 6.26 Å². The second kappa shape index (κ2) is 6.18. The summed E-state index contributed by atoms with van der Waals surface area (Å²) in [6, 6.07) is 6.01. The summed E-state index contributed by atoms with van der Waals surface area (Å²) in [6.45, 7) is 2.09. The van der Waals surface area contributed by atoms with E-state index in [1.807, 2.05) is 0 Å². The zero-order valence-electron chi connectivity index (χ0n) is 11.5. The highest BCUT2D eigenvalue weighted by atomic mass is 32.2. The van der Waals surface area contributed by atoms with E-state index in [1.165, 1.54) is 28.6 Å². The fourth-order valence-corrected chi connectivity index (χ4v) is 3.71. The Morgan fingerprint density at radius 3 is 1.90 bits per heavy atom. The highest BCUT2D eigenvalue weighted by Crippen LogP contribution is 2.17. The normalized spacial score (nSPS) is 17.4. The van der Waals surface area contributed by atoms with Crippen LogP contribution in [-0.2, 0) is 20.2 Å². The molecule has 0 amide bonds. The first-order chi connectivity index (χ1) is 9.76. The fourth-order valence-electron chi connectivity index (χ4n) is 1.92. The number of rotatable bonds is 5. The predicted octanol–water partition coefficient (Wildman–Crippen LogP) is -0.380. The van der Waals surface area contributed by atoms with Crippen molar-refractivity contribution in [2.45, 2.75) is 0 Å². The van der Waals surface area contributed by atoms with Crippen molar-refractivity contribution in [3.63, 3.8) is 0 Å². The van der Waals surface area contributed by atoms with Crippen molar-refractivity contribution in [2.75, 3.05) is 41.9 Å². The van der Waals surface area contributed by atoms with Crippen LogP contribution in [0.5, 0.6) is 0 Å². The van der Waals surface area contributed by atoms with Gasteiger partial charge in [-0.2, -0.15) is 12.7 Å². The number of nitrogens with zero attached hydrogens (tertiary/aromatic N) is 1. The van der Waals surface area contributed by atoms with Gasteiger partial charge in [-0.1, -0.05) is 0 Å². The van der Waals surface area contributed by atoms with Crippen LogP contribution < -0.4 is 14.8 Å². The maximum Gasteiger partial charge on any atom is 0.301 e. The number of nitrogens with one attached hydrogen (secondary N) is 3. The quantitative estimate of drug-likeness (QED) is 0.680. The van der Waals surface area contributed by atoms with Crippen molar-refractivity contribution in [3.8, 4) is 0 Å². The molecule has 8 nitrogen and oxygen atoms in total. The molecular weight excluding hydrogens is 316 g/mol. The Hall–Kier alpha value is -1.36. The minimum absolute atomic E-state index is 0.377. The molecule has 1 heterocycles. The van der Waals surface area contributed by atoms with E-state index in [0.29, 0.717) is 37.6 Å². The molecule has 3 N–H and O–H groups in total. The van der Waals surface area contributed by atoms with Crippen molar-refractivity contribution < 1.29 is 16.8 Å². The van der Waals surface area contributed by atoms with Gasteiger partial charge in [-0.3, -0.25) is 9.44 Å². The second-order valence-corrected chi connectivity index (χ2v) is 8.13. The summed E-state index contributed by atoms with van der Waals surface area (Å²) in [6.07, 6.45) is 1.05. The molecule has 0 aliphatic carbocycles. The smallest absolute Gasteiger partial charge is 0.301 e. The SMILES string of the molecule is CS(=O)(=O)Nc1ccc(NS(=O)(=O)N2CCNCC2)cc1. The standard InChI is InChI=1S/C11H18N4O4S2/c1-20(16,17)13-10-2-4-11(5-3-10)14-21(18,19)15-8-6-12-7-9-15/h2-5,12-14H,6-9H2,1H3. The molecule has 0 saturated carbocycles. The minimum atomic E-state index is -3.58. The number of hydrogen-bond acceptors (Lipinski definition) is 5. The summed E-state index contributed by atoms with van der Waals surface area (Å²) in [5.74, 6) is 0. The average molecular weight is 334 g/mol. The molecule has 1 saturated heterocycles. The molecule has 0 radical (unpaired) electrons. The zero-order chi connectivity index (χ0) is 15.5. The minimum Gasteiger partial charge on any atom is -0.314 e. The van der Waals surface area contributed by atoms with Crippen LogP contribution in [0.25, 0.3) is 0 Å². The van der Waals surface area contributed by atoms with Crippen molar-refractivity contribution in [2.24, 2.45) is 0 Å². The van der Waals surface area contributed by atoms with Crippen molar-refractivity contribution in [1.82, 2.24) is 9.62 Å². The molecule has 0 atom stereocenters. The van der Waals surface area contributed by atoms with Gasteiger partial charge in [0, 0.05) is 37.6 Å². The summed E-state index contributed by atoms with van der Waals surface area (Å²) in [5.41, 5.74) is 0.759. The molecule has 1 aromatic carbocycles. The highest BCUT2D eigenvalue weighted by molar-refractivity contribution is 7.92. The number of anilines is 2. The van der Waals surface area contributed by atoms with Gasteiger partial charge in [0.2, 0.25) is 10.0 Å². The lowest BCUT2D eigenvalue weighted by molar-refractivity contribution is 0.362. The largest absolute Gasteiger partial charge is 0.314 e. The third-order valence-electron chi connectivity index (χ3n) is 2.85. The van der Waals surface area contributed by atoms with Gasteiger partial charge in [0.05, 0.1) is 6.26 Å². The van der Waals surface area contributed by atoms with Crippen LogP contribution in [0.4, 0.5) is 11.4 Å². The molecule has 2 rings (SSSR count). The Morgan fingerprint density at radius 2 is 1.43 bits per heavy atom. The van der Waals surface area contributed by atoms with Gasteiger partial charge in [0.1, 0.15) is 0 Å². The van der Waals surface area contributed by atoms with E-state index in [9.17, 15) is 16.8 Å². The molecule has 0 aromatic heterocycles. The molecule has 0 bridgehead atoms. The van der Waals surface area contributed by atoms with Gasteiger partial charge in [-0.25, -0.2) is 8.42 Å². The summed E-state index contributed by atoms with van der Waals surface area (Å²) >= 11 is 0.